The number of piperidine rings is 1. The Balaban J connectivity index is 1.43. The molecule has 1 aliphatic heterocycles. The molecule has 5 heteroatoms. The van der Waals surface area contributed by atoms with Gasteiger partial charge in [-0.15, -0.1) is 0 Å². The highest BCUT2D eigenvalue weighted by molar-refractivity contribution is 5.80. The Morgan fingerprint density at radius 2 is 1.68 bits per heavy atom. The summed E-state index contributed by atoms with van der Waals surface area (Å²) in [4.78, 5) is 14.6. The number of amides is 1. The second-order valence-electron chi connectivity index (χ2n) is 7.56. The van der Waals surface area contributed by atoms with Gasteiger partial charge < -0.3 is 19.7 Å². The molecule has 0 radical (unpaired) electrons. The summed E-state index contributed by atoms with van der Waals surface area (Å²) < 4.78 is 11.8. The average Bonchev–Trinajstić information content (AvgIpc) is 2.70. The minimum absolute atomic E-state index is 0.132. The van der Waals surface area contributed by atoms with Crippen LogP contribution < -0.4 is 14.8 Å². The van der Waals surface area contributed by atoms with Crippen molar-refractivity contribution in [1.82, 2.24) is 10.2 Å². The molecule has 1 heterocycles. The normalized spacial score (nSPS) is 16.4. The summed E-state index contributed by atoms with van der Waals surface area (Å²) in [6, 6.07) is 15.6. The largest absolute Gasteiger partial charge is 0.490 e. The molecule has 0 spiro atoms. The maximum absolute atomic E-state index is 12.3. The van der Waals surface area contributed by atoms with Gasteiger partial charge in [-0.25, -0.2) is 0 Å². The van der Waals surface area contributed by atoms with Gasteiger partial charge >= 0.3 is 0 Å². The number of nitrogens with one attached hydrogen (secondary N) is 1. The zero-order valence-corrected chi connectivity index (χ0v) is 17.0. The highest BCUT2D eigenvalue weighted by Gasteiger charge is 2.18. The average molecular weight is 383 g/mol. The number of hydrogen-bond acceptors (Lipinski definition) is 4. The Hall–Kier alpha value is -2.53. The molecular weight excluding hydrogens is 352 g/mol. The number of ether oxygens (including phenoxy) is 2. The van der Waals surface area contributed by atoms with Crippen molar-refractivity contribution in [1.29, 1.82) is 0 Å². The van der Waals surface area contributed by atoms with Crippen molar-refractivity contribution in [2.75, 3.05) is 20.1 Å². The van der Waals surface area contributed by atoms with E-state index >= 15 is 0 Å². The number of carbonyl (C=O) groups is 1. The van der Waals surface area contributed by atoms with E-state index in [4.69, 9.17) is 9.47 Å². The second kappa shape index (κ2) is 9.60. The number of nitrogens with zero attached hydrogens (tertiary/aromatic N) is 1. The molecule has 150 valence electrons. The van der Waals surface area contributed by atoms with Gasteiger partial charge in [0.05, 0.1) is 0 Å². The van der Waals surface area contributed by atoms with Crippen molar-refractivity contribution in [3.8, 4) is 11.5 Å². The predicted molar refractivity (Wildman–Crippen MR) is 111 cm³/mol. The third-order valence-electron chi connectivity index (χ3n) is 5.06. The third kappa shape index (κ3) is 5.99. The van der Waals surface area contributed by atoms with Gasteiger partial charge in [-0.05, 0) is 63.6 Å². The van der Waals surface area contributed by atoms with Crippen LogP contribution in [0.1, 0.15) is 30.9 Å². The standard InChI is InChI=1S/C23H30N2O3/c1-17-4-8-20(9-5-17)27-18(2)23(26)24-16-19-6-10-21(11-7-19)28-22-12-14-25(3)15-13-22/h4-11,18,22H,12-16H2,1-3H3,(H,24,26)/t18-/m1/s1. The summed E-state index contributed by atoms with van der Waals surface area (Å²) in [5.74, 6) is 1.46. The van der Waals surface area contributed by atoms with Crippen LogP contribution in [0.15, 0.2) is 48.5 Å². The Morgan fingerprint density at radius 3 is 2.32 bits per heavy atom. The molecule has 2 aromatic carbocycles. The number of carbonyl (C=O) groups excluding carboxylic acids is 1. The SMILES string of the molecule is Cc1ccc(O[C@H](C)C(=O)NCc2ccc(OC3CCN(C)CC3)cc2)cc1. The Kier molecular flexibility index (Phi) is 6.93. The summed E-state index contributed by atoms with van der Waals surface area (Å²) in [6.45, 7) is 6.40. The maximum atomic E-state index is 12.3. The van der Waals surface area contributed by atoms with Gasteiger partial charge in [-0.1, -0.05) is 29.8 Å². The number of likely N-dealkylation sites (tertiary alicyclic amines) is 1. The van der Waals surface area contributed by atoms with Crippen LogP contribution in [0.4, 0.5) is 0 Å². The molecule has 1 aliphatic rings. The van der Waals surface area contributed by atoms with E-state index in [2.05, 4.69) is 17.3 Å². The summed E-state index contributed by atoms with van der Waals surface area (Å²) >= 11 is 0. The Morgan fingerprint density at radius 1 is 1.07 bits per heavy atom. The van der Waals surface area contributed by atoms with Crippen LogP contribution in [0.25, 0.3) is 0 Å². The van der Waals surface area contributed by atoms with Crippen LogP contribution in [0, 0.1) is 6.92 Å². The topological polar surface area (TPSA) is 50.8 Å². The third-order valence-corrected chi connectivity index (χ3v) is 5.06. The van der Waals surface area contributed by atoms with Crippen LogP contribution in [-0.4, -0.2) is 43.2 Å². The first-order valence-corrected chi connectivity index (χ1v) is 9.95. The summed E-state index contributed by atoms with van der Waals surface area (Å²) in [5.41, 5.74) is 2.19. The van der Waals surface area contributed by atoms with Gasteiger partial charge in [0, 0.05) is 19.6 Å². The molecule has 0 bridgehead atoms. The van der Waals surface area contributed by atoms with E-state index in [0.717, 1.165) is 42.8 Å². The van der Waals surface area contributed by atoms with E-state index in [1.165, 1.54) is 0 Å². The minimum Gasteiger partial charge on any atom is -0.490 e. The lowest BCUT2D eigenvalue weighted by atomic mass is 10.1. The van der Waals surface area contributed by atoms with Gasteiger partial charge in [0.25, 0.3) is 5.91 Å². The van der Waals surface area contributed by atoms with Gasteiger partial charge in [0.2, 0.25) is 0 Å². The molecule has 0 saturated carbocycles. The lowest BCUT2D eigenvalue weighted by Gasteiger charge is -2.29. The van der Waals surface area contributed by atoms with Crippen molar-refractivity contribution in [2.45, 2.75) is 45.4 Å². The van der Waals surface area contributed by atoms with Crippen LogP contribution in [0.2, 0.25) is 0 Å². The van der Waals surface area contributed by atoms with Crippen molar-refractivity contribution in [3.05, 3.63) is 59.7 Å². The van der Waals surface area contributed by atoms with E-state index in [0.29, 0.717) is 18.4 Å². The first-order chi connectivity index (χ1) is 13.5. The van der Waals surface area contributed by atoms with Crippen LogP contribution in [0.5, 0.6) is 11.5 Å². The number of aryl methyl sites for hydroxylation is 1. The monoisotopic (exact) mass is 382 g/mol. The van der Waals surface area contributed by atoms with E-state index in [-0.39, 0.29) is 5.91 Å². The number of hydrogen-bond donors (Lipinski definition) is 1. The van der Waals surface area contributed by atoms with Gasteiger partial charge in [-0.3, -0.25) is 4.79 Å². The summed E-state index contributed by atoms with van der Waals surface area (Å²) in [6.07, 6.45) is 1.87. The molecule has 5 nitrogen and oxygen atoms in total. The predicted octanol–water partition coefficient (Wildman–Crippen LogP) is 3.55. The molecule has 1 N–H and O–H groups in total. The molecular formula is C23H30N2O3. The van der Waals surface area contributed by atoms with Gasteiger partial charge in [-0.2, -0.15) is 0 Å². The zero-order chi connectivity index (χ0) is 19.9. The lowest BCUT2D eigenvalue weighted by molar-refractivity contribution is -0.127. The van der Waals surface area contributed by atoms with E-state index in [9.17, 15) is 4.79 Å². The van der Waals surface area contributed by atoms with E-state index < -0.39 is 6.10 Å². The first kappa shape index (κ1) is 20.2. The minimum atomic E-state index is -0.547. The molecule has 0 aliphatic carbocycles. The molecule has 1 atom stereocenters. The van der Waals surface area contributed by atoms with Crippen molar-refractivity contribution in [3.63, 3.8) is 0 Å². The van der Waals surface area contributed by atoms with Crippen LogP contribution in [0.3, 0.4) is 0 Å². The fraction of sp³-hybridized carbons (Fsp3) is 0.435. The zero-order valence-electron chi connectivity index (χ0n) is 17.0. The molecule has 0 unspecified atom stereocenters. The fourth-order valence-electron chi connectivity index (χ4n) is 3.19. The smallest absolute Gasteiger partial charge is 0.261 e. The number of benzene rings is 2. The molecule has 0 aromatic heterocycles. The highest BCUT2D eigenvalue weighted by atomic mass is 16.5. The second-order valence-corrected chi connectivity index (χ2v) is 7.56. The van der Waals surface area contributed by atoms with Crippen molar-refractivity contribution >= 4 is 5.91 Å². The Bertz CT molecular complexity index is 750. The van der Waals surface area contributed by atoms with Crippen molar-refractivity contribution < 1.29 is 14.3 Å². The fourth-order valence-corrected chi connectivity index (χ4v) is 3.19. The molecule has 3 rings (SSSR count). The van der Waals surface area contributed by atoms with Gasteiger partial charge in [0.1, 0.15) is 17.6 Å². The summed E-state index contributed by atoms with van der Waals surface area (Å²) in [7, 11) is 2.14. The lowest BCUT2D eigenvalue weighted by Crippen LogP contribution is -2.36. The van der Waals surface area contributed by atoms with Crippen LogP contribution in [-0.2, 0) is 11.3 Å². The summed E-state index contributed by atoms with van der Waals surface area (Å²) in [5, 5.41) is 2.93. The van der Waals surface area contributed by atoms with Crippen LogP contribution >= 0.6 is 0 Å². The molecule has 1 fully saturated rings. The first-order valence-electron chi connectivity index (χ1n) is 9.95. The molecule has 1 saturated heterocycles. The van der Waals surface area contributed by atoms with E-state index in [1.54, 1.807) is 6.92 Å². The molecule has 1 amide bonds. The van der Waals surface area contributed by atoms with E-state index in [1.807, 2.05) is 55.5 Å². The highest BCUT2D eigenvalue weighted by Crippen LogP contribution is 2.19. The molecule has 2 aromatic rings. The quantitative estimate of drug-likeness (QED) is 0.796. The number of rotatable bonds is 7. The van der Waals surface area contributed by atoms with Crippen molar-refractivity contribution in [2.24, 2.45) is 0 Å². The van der Waals surface area contributed by atoms with Gasteiger partial charge in [0.15, 0.2) is 6.10 Å². The Labute approximate surface area is 167 Å². The molecule has 28 heavy (non-hydrogen) atoms. The maximum Gasteiger partial charge on any atom is 0.261 e.